The molecule has 0 N–H and O–H groups in total. The van der Waals surface area contributed by atoms with E-state index in [1.165, 1.54) is 0 Å². The van der Waals surface area contributed by atoms with Gasteiger partial charge in [0.1, 0.15) is 0 Å². The first-order chi connectivity index (χ1) is 7.13. The van der Waals surface area contributed by atoms with Crippen molar-refractivity contribution in [2.24, 2.45) is 10.9 Å². The van der Waals surface area contributed by atoms with Crippen LogP contribution in [0.25, 0.3) is 0 Å². The van der Waals surface area contributed by atoms with Crippen molar-refractivity contribution in [3.8, 4) is 0 Å². The first kappa shape index (κ1) is 11.8. The molecule has 0 atom stereocenters. The van der Waals surface area contributed by atoms with Gasteiger partial charge in [-0.1, -0.05) is 25.2 Å². The van der Waals surface area contributed by atoms with E-state index in [0.717, 1.165) is 11.3 Å². The largest absolute Gasteiger partial charge is 0.460 e. The minimum absolute atomic E-state index is 0.247. The van der Waals surface area contributed by atoms with Crippen LogP contribution in [0.2, 0.25) is 0 Å². The summed E-state index contributed by atoms with van der Waals surface area (Å²) in [5, 5.41) is 8.13. The van der Waals surface area contributed by atoms with Crippen molar-refractivity contribution >= 4 is 28.7 Å². The number of esters is 1. The Hall–Kier alpha value is -1.30. The average Bonchev–Trinajstić information content (AvgIpc) is 2.63. The van der Waals surface area contributed by atoms with E-state index in [4.69, 9.17) is 4.74 Å². The van der Waals surface area contributed by atoms with Crippen LogP contribution in [0.4, 0.5) is 5.13 Å². The fraction of sp³-hybridized carbons (Fsp3) is 0.556. The number of rotatable bonds is 4. The van der Waals surface area contributed by atoms with E-state index in [1.807, 2.05) is 13.8 Å². The second kappa shape index (κ2) is 5.55. The summed E-state index contributed by atoms with van der Waals surface area (Å²) in [6, 6.07) is 0. The maximum Gasteiger partial charge on any atom is 0.369 e. The van der Waals surface area contributed by atoms with Crippen molar-refractivity contribution in [2.75, 3.05) is 6.61 Å². The molecule has 0 unspecified atom stereocenters. The molecule has 0 saturated heterocycles. The highest BCUT2D eigenvalue weighted by atomic mass is 32.1. The van der Waals surface area contributed by atoms with Crippen molar-refractivity contribution < 1.29 is 9.53 Å². The van der Waals surface area contributed by atoms with Crippen LogP contribution in [0.1, 0.15) is 30.6 Å². The van der Waals surface area contributed by atoms with Crippen LogP contribution in [0.3, 0.4) is 0 Å². The summed E-state index contributed by atoms with van der Waals surface area (Å²) >= 11 is 1.12. The van der Waals surface area contributed by atoms with Gasteiger partial charge in [-0.25, -0.2) is 9.79 Å². The topological polar surface area (TPSA) is 64.4 Å². The number of aromatic nitrogens is 2. The quantitative estimate of drug-likeness (QED) is 0.583. The highest BCUT2D eigenvalue weighted by Gasteiger charge is 2.14. The monoisotopic (exact) mass is 227 g/mol. The molecule has 0 bridgehead atoms. The zero-order chi connectivity index (χ0) is 11.3. The van der Waals surface area contributed by atoms with Gasteiger partial charge in [0, 0.05) is 6.21 Å². The number of hydrogen-bond donors (Lipinski definition) is 0. The molecule has 1 rings (SSSR count). The number of aliphatic imine (C=N–C) groups is 1. The Bertz CT molecular complexity index is 360. The molecule has 0 aromatic carbocycles. The van der Waals surface area contributed by atoms with E-state index in [1.54, 1.807) is 13.1 Å². The molecule has 5 nitrogen and oxygen atoms in total. The van der Waals surface area contributed by atoms with Crippen molar-refractivity contribution in [3.05, 3.63) is 5.01 Å². The van der Waals surface area contributed by atoms with E-state index in [-0.39, 0.29) is 5.01 Å². The smallest absolute Gasteiger partial charge is 0.369 e. The van der Waals surface area contributed by atoms with Crippen molar-refractivity contribution in [3.63, 3.8) is 0 Å². The van der Waals surface area contributed by atoms with E-state index in [9.17, 15) is 4.79 Å². The van der Waals surface area contributed by atoms with Gasteiger partial charge >= 0.3 is 5.97 Å². The van der Waals surface area contributed by atoms with Gasteiger partial charge in [-0.2, -0.15) is 0 Å². The summed E-state index contributed by atoms with van der Waals surface area (Å²) in [5.74, 6) is -0.117. The van der Waals surface area contributed by atoms with Gasteiger partial charge < -0.3 is 4.74 Å². The third-order valence-corrected chi connectivity index (χ3v) is 2.19. The van der Waals surface area contributed by atoms with Gasteiger partial charge in [-0.15, -0.1) is 10.2 Å². The molecule has 0 radical (unpaired) electrons. The molecule has 0 spiro atoms. The molecule has 15 heavy (non-hydrogen) atoms. The molecular formula is C9H13N3O2S. The van der Waals surface area contributed by atoms with Crippen molar-refractivity contribution in [1.29, 1.82) is 0 Å². The van der Waals surface area contributed by atoms with Gasteiger partial charge in [0.25, 0.3) is 0 Å². The molecule has 0 saturated carbocycles. The molecule has 1 aromatic rings. The SMILES string of the molecule is CC=Nc1nnc(C(=O)OCC(C)C)s1. The zero-order valence-electron chi connectivity index (χ0n) is 8.93. The van der Waals surface area contributed by atoms with Crippen molar-refractivity contribution in [1.82, 2.24) is 10.2 Å². The highest BCUT2D eigenvalue weighted by molar-refractivity contribution is 7.16. The molecule has 1 aromatic heterocycles. The summed E-state index contributed by atoms with van der Waals surface area (Å²) in [7, 11) is 0. The van der Waals surface area contributed by atoms with E-state index >= 15 is 0 Å². The van der Waals surface area contributed by atoms with Crippen LogP contribution < -0.4 is 0 Å². The summed E-state index contributed by atoms with van der Waals surface area (Å²) in [4.78, 5) is 15.3. The highest BCUT2D eigenvalue weighted by Crippen LogP contribution is 2.18. The van der Waals surface area contributed by atoms with E-state index in [2.05, 4.69) is 15.2 Å². The predicted molar refractivity (Wildman–Crippen MR) is 58.9 cm³/mol. The Morgan fingerprint density at radius 2 is 2.33 bits per heavy atom. The molecule has 82 valence electrons. The molecule has 0 aliphatic carbocycles. The summed E-state index contributed by atoms with van der Waals surface area (Å²) in [5.41, 5.74) is 0. The number of nitrogens with zero attached hydrogens (tertiary/aromatic N) is 3. The zero-order valence-corrected chi connectivity index (χ0v) is 9.74. The minimum Gasteiger partial charge on any atom is -0.460 e. The van der Waals surface area contributed by atoms with Gasteiger partial charge in [-0.3, -0.25) is 0 Å². The Balaban J connectivity index is 2.58. The molecular weight excluding hydrogens is 214 g/mol. The molecule has 6 heteroatoms. The minimum atomic E-state index is -0.432. The lowest BCUT2D eigenvalue weighted by Crippen LogP contribution is -2.09. The van der Waals surface area contributed by atoms with E-state index in [0.29, 0.717) is 17.7 Å². The molecule has 0 amide bonds. The molecule has 1 heterocycles. The van der Waals surface area contributed by atoms with Crippen LogP contribution in [0, 0.1) is 5.92 Å². The summed E-state index contributed by atoms with van der Waals surface area (Å²) in [6.07, 6.45) is 1.60. The van der Waals surface area contributed by atoms with Gasteiger partial charge in [0.05, 0.1) is 6.61 Å². The number of carbonyl (C=O) groups excluding carboxylic acids is 1. The second-order valence-electron chi connectivity index (χ2n) is 3.27. The Morgan fingerprint density at radius 3 is 2.93 bits per heavy atom. The molecule has 0 aliphatic heterocycles. The van der Waals surface area contributed by atoms with Gasteiger partial charge in [0.2, 0.25) is 10.1 Å². The Morgan fingerprint density at radius 1 is 1.60 bits per heavy atom. The van der Waals surface area contributed by atoms with Crippen LogP contribution in [-0.4, -0.2) is 29.0 Å². The van der Waals surface area contributed by atoms with Crippen molar-refractivity contribution in [2.45, 2.75) is 20.8 Å². The predicted octanol–water partition coefficient (Wildman–Crippen LogP) is 2.07. The lowest BCUT2D eigenvalue weighted by Gasteiger charge is -2.03. The molecule has 0 aliphatic rings. The summed E-state index contributed by atoms with van der Waals surface area (Å²) < 4.78 is 5.00. The second-order valence-corrected chi connectivity index (χ2v) is 4.23. The maximum absolute atomic E-state index is 11.4. The first-order valence-corrected chi connectivity index (χ1v) is 5.44. The third kappa shape index (κ3) is 3.75. The average molecular weight is 227 g/mol. The standard InChI is InChI=1S/C9H13N3O2S/c1-4-10-9-12-11-7(15-9)8(13)14-5-6(2)3/h4,6H,5H2,1-3H3. The van der Waals surface area contributed by atoms with Crippen LogP contribution in [0.15, 0.2) is 4.99 Å². The normalized spacial score (nSPS) is 11.2. The van der Waals surface area contributed by atoms with Crippen LogP contribution in [-0.2, 0) is 4.74 Å². The summed E-state index contributed by atoms with van der Waals surface area (Å²) in [6.45, 7) is 6.11. The number of carbonyl (C=O) groups is 1. The van der Waals surface area contributed by atoms with Crippen LogP contribution >= 0.6 is 11.3 Å². The third-order valence-electron chi connectivity index (χ3n) is 1.38. The number of hydrogen-bond acceptors (Lipinski definition) is 6. The fourth-order valence-corrected chi connectivity index (χ4v) is 1.40. The number of ether oxygens (including phenoxy) is 1. The van der Waals surface area contributed by atoms with Gasteiger partial charge in [0.15, 0.2) is 0 Å². The lowest BCUT2D eigenvalue weighted by atomic mass is 10.2. The van der Waals surface area contributed by atoms with Gasteiger partial charge in [-0.05, 0) is 12.8 Å². The van der Waals surface area contributed by atoms with E-state index < -0.39 is 5.97 Å². The Kier molecular flexibility index (Phi) is 4.36. The molecule has 0 fully saturated rings. The van der Waals surface area contributed by atoms with Crippen LogP contribution in [0.5, 0.6) is 0 Å². The Labute approximate surface area is 92.2 Å². The maximum atomic E-state index is 11.4. The lowest BCUT2D eigenvalue weighted by molar-refractivity contribution is 0.0457. The first-order valence-electron chi connectivity index (χ1n) is 4.62. The fourth-order valence-electron chi connectivity index (χ4n) is 0.765.